The Labute approximate surface area is 406 Å². The average Bonchev–Trinajstić information content (AvgIpc) is 3.97. The summed E-state index contributed by atoms with van der Waals surface area (Å²) in [5.74, 6) is -2.44. The van der Waals surface area contributed by atoms with Crippen molar-refractivity contribution in [1.29, 1.82) is 0 Å². The van der Waals surface area contributed by atoms with Crippen LogP contribution in [0.3, 0.4) is 0 Å². The van der Waals surface area contributed by atoms with Crippen LogP contribution in [0.15, 0.2) is 184 Å². The van der Waals surface area contributed by atoms with Gasteiger partial charge in [0, 0.05) is 24.4 Å². The number of aromatic nitrogens is 3. The predicted octanol–water partition coefficient (Wildman–Crippen LogP) is 9.13. The number of thiazole rings is 1. The van der Waals surface area contributed by atoms with Crippen LogP contribution in [0.25, 0.3) is 0 Å². The molecule has 5 aromatic carbocycles. The van der Waals surface area contributed by atoms with Crippen molar-refractivity contribution in [3.8, 4) is 0 Å². The molecule has 0 aliphatic carbocycles. The number of benzene rings is 5. The highest BCUT2D eigenvalue weighted by molar-refractivity contribution is 9.11. The Morgan fingerprint density at radius 3 is 1.93 bits per heavy atom. The van der Waals surface area contributed by atoms with Gasteiger partial charge in [-0.25, -0.2) is 14.6 Å². The molecule has 4 heterocycles. The molecule has 1 saturated heterocycles. The lowest BCUT2D eigenvalue weighted by atomic mass is 9.77. The van der Waals surface area contributed by atoms with Crippen LogP contribution in [0.1, 0.15) is 58.5 Å². The Kier molecular flexibility index (Phi) is 13.3. The van der Waals surface area contributed by atoms with Crippen LogP contribution in [-0.4, -0.2) is 55.0 Å². The maximum absolute atomic E-state index is 15.3. The predicted molar refractivity (Wildman–Crippen MR) is 263 cm³/mol. The van der Waals surface area contributed by atoms with E-state index in [0.717, 1.165) is 46.7 Å². The molecule has 67 heavy (non-hydrogen) atoms. The van der Waals surface area contributed by atoms with Gasteiger partial charge in [0.25, 0.3) is 5.91 Å². The normalized spacial score (nSPS) is 17.0. The van der Waals surface area contributed by atoms with Crippen molar-refractivity contribution in [3.63, 3.8) is 0 Å². The van der Waals surface area contributed by atoms with Crippen LogP contribution in [0.2, 0.25) is 0 Å². The zero-order valence-electron chi connectivity index (χ0n) is 35.6. The summed E-state index contributed by atoms with van der Waals surface area (Å²) in [4.78, 5) is 64.3. The Morgan fingerprint density at radius 1 is 0.896 bits per heavy atom. The number of nitrogens with two attached hydrogens (primary N) is 1. The molecule has 2 aliphatic rings. The van der Waals surface area contributed by atoms with Crippen molar-refractivity contribution in [1.82, 2.24) is 25.0 Å². The third-order valence-electron chi connectivity index (χ3n) is 11.1. The Morgan fingerprint density at radius 2 is 1.43 bits per heavy atom. The number of carbonyl (C=O) groups excluding carboxylic acids is 4. The molecule has 2 aliphatic heterocycles. The molecule has 13 nitrogen and oxygen atoms in total. The molecule has 0 saturated carbocycles. The van der Waals surface area contributed by atoms with Crippen molar-refractivity contribution < 1.29 is 28.8 Å². The minimum atomic E-state index is -1.68. The second-order valence-corrected chi connectivity index (χ2v) is 20.1. The highest BCUT2D eigenvalue weighted by atomic mass is 79.9. The van der Waals surface area contributed by atoms with Gasteiger partial charge in [0.1, 0.15) is 23.1 Å². The fraction of sp³-hybridized carbons (Fsp3) is 0.140. The van der Waals surface area contributed by atoms with Gasteiger partial charge in [-0.05, 0) is 43.7 Å². The highest BCUT2D eigenvalue weighted by Crippen LogP contribution is 2.59. The Balaban J connectivity index is 1.21. The number of anilines is 1. The van der Waals surface area contributed by atoms with Gasteiger partial charge in [0.2, 0.25) is 5.91 Å². The van der Waals surface area contributed by atoms with E-state index < -0.39 is 39.7 Å². The van der Waals surface area contributed by atoms with Gasteiger partial charge in [0.15, 0.2) is 16.1 Å². The third-order valence-corrected chi connectivity index (χ3v) is 15.6. The van der Waals surface area contributed by atoms with Crippen molar-refractivity contribution in [2.75, 3.05) is 5.73 Å². The van der Waals surface area contributed by atoms with E-state index >= 15 is 4.79 Å². The maximum atomic E-state index is 15.3. The van der Waals surface area contributed by atoms with Crippen LogP contribution in [0, 0.1) is 0 Å². The summed E-state index contributed by atoms with van der Waals surface area (Å²) in [5, 5.41) is 11.2. The summed E-state index contributed by atoms with van der Waals surface area (Å²) in [5.41, 5.74) is 10.7. The number of nitrogen functional groups attached to an aromatic ring is 1. The van der Waals surface area contributed by atoms with Gasteiger partial charge in [0.05, 0.1) is 26.7 Å². The van der Waals surface area contributed by atoms with E-state index in [1.54, 1.807) is 6.20 Å². The fourth-order valence-corrected chi connectivity index (χ4v) is 13.0. The van der Waals surface area contributed by atoms with E-state index in [4.69, 9.17) is 25.4 Å². The largest absolute Gasteiger partial charge is 0.448 e. The first-order valence-electron chi connectivity index (χ1n) is 20.9. The molecule has 9 rings (SSSR count). The smallest absolute Gasteiger partial charge is 0.357 e. The molecule has 0 radical (unpaired) electrons. The van der Waals surface area contributed by atoms with Crippen molar-refractivity contribution in [2.45, 2.75) is 41.0 Å². The highest BCUT2D eigenvalue weighted by Gasteiger charge is 2.58. The number of hydrogen-bond acceptors (Lipinski definition) is 13. The maximum Gasteiger partial charge on any atom is 0.357 e. The summed E-state index contributed by atoms with van der Waals surface area (Å²) < 4.78 is 8.94. The van der Waals surface area contributed by atoms with Crippen LogP contribution in [-0.2, 0) is 44.9 Å². The SMILES string of the molecule is CC(=O)O/N=C\C(=O)NC1(c2nc(N)sc2Br)S[C@@H]2CC(=O)N2C(C(=O)OC(c2ccccc2)c2ccccc2)=C1SCc1cnn(C(c2ccccc2)(c2ccccc2)c2ccccc2)c1. The van der Waals surface area contributed by atoms with Crippen molar-refractivity contribution >= 4 is 85.9 Å². The topological polar surface area (TPSA) is 171 Å². The molecular weight excluding hydrogens is 971 g/mol. The standard InChI is InChI=1S/C50H40BrN7O6S3/c1-32(59)64-54-29-39(60)56-50(44-46(51)66-48(52)55-44)45(42(58-40(61)27-41(58)67-50)47(62)63-43(34-17-7-2-8-18-34)35-19-9-3-10-20-35)65-31-33-28-53-57(30-33)49(36-21-11-4-12-22-36,37-23-13-5-14-24-37)38-25-15-6-16-26-38/h2-26,28-30,41,43H,27,31H2,1H3,(H2,52,55)(H,56,60)/b54-29-/t41-,50?/m1/s1. The van der Waals surface area contributed by atoms with Crippen molar-refractivity contribution in [2.24, 2.45) is 5.16 Å². The number of fused-ring (bicyclic) bond motifs is 1. The van der Waals surface area contributed by atoms with Crippen LogP contribution in [0.4, 0.5) is 5.13 Å². The summed E-state index contributed by atoms with van der Waals surface area (Å²) in [6.07, 6.45) is 3.74. The number of esters is 1. The average molecular weight is 1010 g/mol. The number of nitrogens with one attached hydrogen (secondary N) is 1. The number of thioether (sulfide) groups is 2. The molecule has 3 N–H and O–H groups in total. The molecular formula is C50H40BrN7O6S3. The first-order chi connectivity index (χ1) is 32.6. The van der Waals surface area contributed by atoms with E-state index in [9.17, 15) is 14.4 Å². The van der Waals surface area contributed by atoms with E-state index in [0.29, 0.717) is 14.9 Å². The summed E-state index contributed by atoms with van der Waals surface area (Å²) in [7, 11) is 0. The first-order valence-corrected chi connectivity index (χ1v) is 24.4. The fourth-order valence-electron chi connectivity index (χ4n) is 8.30. The molecule has 1 unspecified atom stereocenters. The number of halogens is 1. The quantitative estimate of drug-likeness (QED) is 0.0251. The van der Waals surface area contributed by atoms with E-state index in [2.05, 4.69) is 62.8 Å². The van der Waals surface area contributed by atoms with Gasteiger partial charge in [-0.2, -0.15) is 5.10 Å². The summed E-state index contributed by atoms with van der Waals surface area (Å²) in [6.45, 7) is 1.16. The van der Waals surface area contributed by atoms with Crippen molar-refractivity contribution in [3.05, 3.63) is 218 Å². The Hall–Kier alpha value is -6.79. The van der Waals surface area contributed by atoms with E-state index in [-0.39, 0.29) is 39.5 Å². The lowest BCUT2D eigenvalue weighted by Crippen LogP contribution is -2.60. The molecule has 0 bridgehead atoms. The molecule has 2 atom stereocenters. The van der Waals surface area contributed by atoms with Crippen LogP contribution in [0.5, 0.6) is 0 Å². The number of amides is 2. The van der Waals surface area contributed by atoms with Gasteiger partial charge >= 0.3 is 11.9 Å². The minimum Gasteiger partial charge on any atom is -0.448 e. The monoisotopic (exact) mass is 1010 g/mol. The van der Waals surface area contributed by atoms with Crippen LogP contribution >= 0.6 is 50.8 Å². The number of carbonyl (C=O) groups is 4. The number of nitrogens with zero attached hydrogens (tertiary/aromatic N) is 5. The number of oxime groups is 1. The lowest BCUT2D eigenvalue weighted by Gasteiger charge is -2.51. The second-order valence-electron chi connectivity index (χ2n) is 15.4. The van der Waals surface area contributed by atoms with Crippen LogP contribution < -0.4 is 11.1 Å². The minimum absolute atomic E-state index is 0.0455. The number of rotatable bonds is 15. The lowest BCUT2D eigenvalue weighted by molar-refractivity contribution is -0.152. The first kappa shape index (κ1) is 45.4. The number of ether oxygens (including phenoxy) is 1. The molecule has 0 spiro atoms. The van der Waals surface area contributed by atoms with Gasteiger partial charge in [-0.15, -0.1) is 11.8 Å². The Bertz CT molecular complexity index is 2860. The van der Waals surface area contributed by atoms with E-state index in [1.165, 1.54) is 28.4 Å². The molecule has 336 valence electrons. The summed E-state index contributed by atoms with van der Waals surface area (Å²) in [6, 6.07) is 49.1. The molecule has 2 aromatic heterocycles. The zero-order chi connectivity index (χ0) is 46.5. The van der Waals surface area contributed by atoms with Gasteiger partial charge < -0.3 is 20.6 Å². The number of hydrogen-bond donors (Lipinski definition) is 2. The molecule has 1 fully saturated rings. The number of β-lactam (4-membered cyclic amide) rings is 1. The van der Waals surface area contributed by atoms with Gasteiger partial charge in [-0.3, -0.25) is 19.2 Å². The zero-order valence-corrected chi connectivity index (χ0v) is 39.6. The third kappa shape index (κ3) is 8.94. The summed E-state index contributed by atoms with van der Waals surface area (Å²) >= 11 is 7.22. The molecule has 17 heteroatoms. The molecule has 7 aromatic rings. The van der Waals surface area contributed by atoms with Gasteiger partial charge in [-0.1, -0.05) is 180 Å². The second kappa shape index (κ2) is 19.6. The molecule has 2 amide bonds. The van der Waals surface area contributed by atoms with E-state index in [1.807, 2.05) is 126 Å².